The summed E-state index contributed by atoms with van der Waals surface area (Å²) in [5, 5.41) is 13.2. The van der Waals surface area contributed by atoms with E-state index in [1.54, 1.807) is 12.1 Å². The van der Waals surface area contributed by atoms with Gasteiger partial charge in [-0.3, -0.25) is 35.3 Å². The van der Waals surface area contributed by atoms with Crippen LogP contribution < -0.4 is 20.9 Å². The number of carbonyl (C=O) groups excluding carboxylic acids is 3. The first-order chi connectivity index (χ1) is 13.8. The highest BCUT2D eigenvalue weighted by molar-refractivity contribution is 5.98. The smallest absolute Gasteiger partial charge is 0.276 e. The predicted molar refractivity (Wildman–Crippen MR) is 103 cm³/mol. The van der Waals surface area contributed by atoms with E-state index in [1.807, 2.05) is 19.1 Å². The number of para-hydroxylation sites is 1. The Labute approximate surface area is 166 Å². The number of carbonyl (C=O) groups is 3. The van der Waals surface area contributed by atoms with Gasteiger partial charge in [0.1, 0.15) is 11.8 Å². The third-order valence-corrected chi connectivity index (χ3v) is 3.84. The van der Waals surface area contributed by atoms with Gasteiger partial charge < -0.3 is 10.1 Å². The fourth-order valence-corrected chi connectivity index (χ4v) is 2.24. The Bertz CT molecular complexity index is 930. The molecule has 0 aliphatic heterocycles. The van der Waals surface area contributed by atoms with Crippen LogP contribution in [0.15, 0.2) is 48.5 Å². The van der Waals surface area contributed by atoms with Gasteiger partial charge in [-0.25, -0.2) is 0 Å². The van der Waals surface area contributed by atoms with Gasteiger partial charge in [0.25, 0.3) is 23.4 Å². The Morgan fingerprint density at radius 3 is 2.52 bits per heavy atom. The number of rotatable bonds is 7. The normalized spacial score (nSPS) is 11.1. The summed E-state index contributed by atoms with van der Waals surface area (Å²) in [5.41, 5.74) is 5.02. The molecular formula is C19H20N4O6. The van der Waals surface area contributed by atoms with Gasteiger partial charge in [0.05, 0.1) is 4.92 Å². The van der Waals surface area contributed by atoms with Crippen LogP contribution in [0.25, 0.3) is 0 Å². The van der Waals surface area contributed by atoms with Gasteiger partial charge in [-0.2, -0.15) is 0 Å². The highest BCUT2D eigenvalue weighted by Gasteiger charge is 2.18. The van der Waals surface area contributed by atoms with Crippen molar-refractivity contribution in [3.63, 3.8) is 0 Å². The minimum Gasteiger partial charge on any atom is -0.483 e. The minimum atomic E-state index is -1.00. The molecule has 0 saturated carbocycles. The molecule has 2 aromatic rings. The zero-order valence-corrected chi connectivity index (χ0v) is 15.8. The van der Waals surface area contributed by atoms with E-state index in [0.717, 1.165) is 11.6 Å². The van der Waals surface area contributed by atoms with Crippen molar-refractivity contribution in [2.75, 3.05) is 6.61 Å². The van der Waals surface area contributed by atoms with Crippen LogP contribution in [0.4, 0.5) is 5.69 Å². The lowest BCUT2D eigenvalue weighted by Crippen LogP contribution is -2.52. The number of nitrogens with one attached hydrogen (secondary N) is 3. The van der Waals surface area contributed by atoms with Gasteiger partial charge in [0.2, 0.25) is 0 Å². The Kier molecular flexibility index (Phi) is 7.24. The molecular weight excluding hydrogens is 380 g/mol. The van der Waals surface area contributed by atoms with Crippen molar-refractivity contribution in [1.82, 2.24) is 16.2 Å². The van der Waals surface area contributed by atoms with Crippen molar-refractivity contribution < 1.29 is 24.0 Å². The topological polar surface area (TPSA) is 140 Å². The van der Waals surface area contributed by atoms with Gasteiger partial charge in [-0.15, -0.1) is 0 Å². The third-order valence-electron chi connectivity index (χ3n) is 3.84. The first-order valence-electron chi connectivity index (χ1n) is 8.60. The second-order valence-corrected chi connectivity index (χ2v) is 6.09. The molecule has 2 rings (SSSR count). The molecule has 0 bridgehead atoms. The van der Waals surface area contributed by atoms with E-state index in [0.29, 0.717) is 5.75 Å². The van der Waals surface area contributed by atoms with Crippen LogP contribution >= 0.6 is 0 Å². The highest BCUT2D eigenvalue weighted by Crippen LogP contribution is 2.15. The van der Waals surface area contributed by atoms with Crippen LogP contribution in [0.1, 0.15) is 22.8 Å². The third kappa shape index (κ3) is 6.31. The monoisotopic (exact) mass is 400 g/mol. The number of hydrogen-bond acceptors (Lipinski definition) is 6. The minimum absolute atomic E-state index is 0.0366. The van der Waals surface area contributed by atoms with E-state index >= 15 is 0 Å². The fraction of sp³-hybridized carbons (Fsp3) is 0.211. The van der Waals surface area contributed by atoms with Crippen molar-refractivity contribution in [2.45, 2.75) is 19.9 Å². The van der Waals surface area contributed by atoms with Gasteiger partial charge in [0, 0.05) is 17.7 Å². The number of aryl methyl sites for hydroxylation is 1. The number of amides is 3. The maximum Gasteiger partial charge on any atom is 0.276 e. The fourth-order valence-electron chi connectivity index (χ4n) is 2.24. The lowest BCUT2D eigenvalue weighted by Gasteiger charge is -2.15. The molecule has 0 fully saturated rings. The molecule has 0 unspecified atom stereocenters. The number of hydrogen-bond donors (Lipinski definition) is 3. The van der Waals surface area contributed by atoms with Crippen LogP contribution in [0, 0.1) is 17.0 Å². The Hall–Kier alpha value is -3.95. The molecule has 2 aromatic carbocycles. The molecule has 0 spiro atoms. The van der Waals surface area contributed by atoms with Crippen molar-refractivity contribution in [3.05, 3.63) is 69.8 Å². The first kappa shape index (κ1) is 21.4. The van der Waals surface area contributed by atoms with Crippen molar-refractivity contribution in [2.24, 2.45) is 0 Å². The molecule has 1 atom stereocenters. The van der Waals surface area contributed by atoms with Gasteiger partial charge in [-0.05, 0) is 31.5 Å². The maximum atomic E-state index is 12.1. The molecule has 29 heavy (non-hydrogen) atoms. The summed E-state index contributed by atoms with van der Waals surface area (Å²) in [6.07, 6.45) is 0. The SMILES string of the molecule is Cc1ccccc1OCC(=O)NNC(=O)[C@H](C)NC(=O)c1cccc([N+](=O)[O-])c1. The molecule has 0 aromatic heterocycles. The number of nitrogens with zero attached hydrogens (tertiary/aromatic N) is 1. The van der Waals surface area contributed by atoms with Crippen LogP contribution in [0.3, 0.4) is 0 Å². The highest BCUT2D eigenvalue weighted by atomic mass is 16.6. The number of hydrazine groups is 1. The van der Waals surface area contributed by atoms with Crippen molar-refractivity contribution in [3.8, 4) is 5.75 Å². The van der Waals surface area contributed by atoms with Crippen molar-refractivity contribution >= 4 is 23.4 Å². The molecule has 0 heterocycles. The summed E-state index contributed by atoms with van der Waals surface area (Å²) in [4.78, 5) is 46.1. The molecule has 3 amide bonds. The summed E-state index contributed by atoms with van der Waals surface area (Å²) in [6, 6.07) is 11.3. The molecule has 3 N–H and O–H groups in total. The molecule has 0 aliphatic rings. The molecule has 152 valence electrons. The van der Waals surface area contributed by atoms with Gasteiger partial charge in [0.15, 0.2) is 6.61 Å². The van der Waals surface area contributed by atoms with E-state index in [2.05, 4.69) is 16.2 Å². The van der Waals surface area contributed by atoms with Crippen LogP contribution in [0.2, 0.25) is 0 Å². The second kappa shape index (κ2) is 9.83. The number of benzene rings is 2. The molecule has 0 radical (unpaired) electrons. The lowest BCUT2D eigenvalue weighted by atomic mass is 10.2. The summed E-state index contributed by atoms with van der Waals surface area (Å²) < 4.78 is 5.36. The Morgan fingerprint density at radius 2 is 1.83 bits per heavy atom. The van der Waals surface area contributed by atoms with E-state index in [1.165, 1.54) is 25.1 Å². The summed E-state index contributed by atoms with van der Waals surface area (Å²) >= 11 is 0. The van der Waals surface area contributed by atoms with Crippen molar-refractivity contribution in [1.29, 1.82) is 0 Å². The molecule has 10 heteroatoms. The number of nitro benzene ring substituents is 1. The first-order valence-corrected chi connectivity index (χ1v) is 8.60. The number of nitro groups is 1. The van der Waals surface area contributed by atoms with E-state index in [4.69, 9.17) is 4.74 Å². The standard InChI is InChI=1S/C19H20N4O6/c1-12-6-3-4-9-16(12)29-11-17(24)21-22-18(25)13(2)20-19(26)14-7-5-8-15(10-14)23(27)28/h3-10,13H,11H2,1-2H3,(H,20,26)(H,21,24)(H,22,25)/t13-/m0/s1. The lowest BCUT2D eigenvalue weighted by molar-refractivity contribution is -0.384. The zero-order valence-electron chi connectivity index (χ0n) is 15.8. The van der Waals surface area contributed by atoms with E-state index in [-0.39, 0.29) is 17.9 Å². The Morgan fingerprint density at radius 1 is 1.10 bits per heavy atom. The average molecular weight is 400 g/mol. The quantitative estimate of drug-likeness (QED) is 0.472. The van der Waals surface area contributed by atoms with Gasteiger partial charge >= 0.3 is 0 Å². The molecule has 10 nitrogen and oxygen atoms in total. The molecule has 0 aliphatic carbocycles. The average Bonchev–Trinajstić information content (AvgIpc) is 2.71. The Balaban J connectivity index is 1.80. The van der Waals surface area contributed by atoms with Crippen LogP contribution in [-0.4, -0.2) is 35.3 Å². The van der Waals surface area contributed by atoms with E-state index in [9.17, 15) is 24.5 Å². The zero-order chi connectivity index (χ0) is 21.4. The summed E-state index contributed by atoms with van der Waals surface area (Å²) in [7, 11) is 0. The van der Waals surface area contributed by atoms with Gasteiger partial charge in [-0.1, -0.05) is 24.3 Å². The molecule has 0 saturated heterocycles. The van der Waals surface area contributed by atoms with E-state index < -0.39 is 28.7 Å². The number of non-ortho nitro benzene ring substituents is 1. The second-order valence-electron chi connectivity index (χ2n) is 6.09. The van der Waals surface area contributed by atoms with Crippen LogP contribution in [-0.2, 0) is 9.59 Å². The summed E-state index contributed by atoms with van der Waals surface area (Å²) in [6.45, 7) is 2.93. The predicted octanol–water partition coefficient (Wildman–Crippen LogP) is 1.25. The maximum absolute atomic E-state index is 12.1. The largest absolute Gasteiger partial charge is 0.483 e. The summed E-state index contributed by atoms with van der Waals surface area (Å²) in [5.74, 6) is -1.37. The number of ether oxygens (including phenoxy) is 1. The van der Waals surface area contributed by atoms with Crippen LogP contribution in [0.5, 0.6) is 5.75 Å².